The highest BCUT2D eigenvalue weighted by Gasteiger charge is 2.37. The lowest BCUT2D eigenvalue weighted by Crippen LogP contribution is -2.51. The van der Waals surface area contributed by atoms with E-state index in [0.717, 1.165) is 22.5 Å². The highest BCUT2D eigenvalue weighted by atomic mass is 16.2. The van der Waals surface area contributed by atoms with E-state index in [-0.39, 0.29) is 178 Å². The Labute approximate surface area is 721 Å². The first-order valence-corrected chi connectivity index (χ1v) is 42.6. The summed E-state index contributed by atoms with van der Waals surface area (Å²) < 4.78 is 7.96. The summed E-state index contributed by atoms with van der Waals surface area (Å²) in [5.41, 5.74) is 4.66. The minimum Gasteiger partial charge on any atom is -0.326 e. The number of hydrogen-bond donors (Lipinski definition) is 1. The van der Waals surface area contributed by atoms with E-state index >= 15 is 0 Å². The lowest BCUT2D eigenvalue weighted by Gasteiger charge is -2.30. The fraction of sp³-hybridized carbons (Fsp3) is 0.644. The molecule has 2 atom stereocenters. The first-order chi connectivity index (χ1) is 56.3. The third-order valence-corrected chi connectivity index (χ3v) is 19.1. The Morgan fingerprint density at radius 3 is 0.885 bits per heavy atom. The van der Waals surface area contributed by atoms with Gasteiger partial charge >= 0.3 is 17.1 Å². The van der Waals surface area contributed by atoms with Gasteiger partial charge in [-0.2, -0.15) is 0 Å². The number of imide groups is 2. The van der Waals surface area contributed by atoms with E-state index in [1.807, 2.05) is 219 Å². The van der Waals surface area contributed by atoms with Crippen LogP contribution in [0.2, 0.25) is 0 Å². The maximum absolute atomic E-state index is 11.8. The number of rotatable bonds is 18. The van der Waals surface area contributed by atoms with Crippen LogP contribution in [0.3, 0.4) is 0 Å². The van der Waals surface area contributed by atoms with Gasteiger partial charge in [0.05, 0.1) is 36.2 Å². The second-order valence-electron chi connectivity index (χ2n) is 35.6. The quantitative estimate of drug-likeness (QED) is 0.0796. The smallest absolute Gasteiger partial charge is 0.326 e. The van der Waals surface area contributed by atoms with Gasteiger partial charge in [0.1, 0.15) is 36.6 Å². The van der Waals surface area contributed by atoms with Gasteiger partial charge in [-0.05, 0) is 177 Å². The van der Waals surface area contributed by atoms with Crippen molar-refractivity contribution in [3.8, 4) is 0 Å². The van der Waals surface area contributed by atoms with Crippen LogP contribution >= 0.6 is 0 Å². The molecular weight excluding hydrogens is 1560 g/mol. The van der Waals surface area contributed by atoms with Crippen LogP contribution in [0.1, 0.15) is 337 Å². The third-order valence-electron chi connectivity index (χ3n) is 19.1. The highest BCUT2D eigenvalue weighted by Crippen LogP contribution is 2.21. The predicted octanol–water partition coefficient (Wildman–Crippen LogP) is 12.5. The number of nitrogens with zero attached hydrogens (tertiary/aromatic N) is 17. The standard InChI is InChI=1S/5C10H16N2O2.4C10H16N2O/c2*1-6(2)9-10(14)12(7(3)4)5-8(13)11-9;2*1-6(2)9-10(14)12(7(3)4)8(13)5-11-9;1-6(2)8-5-9(13)12(7(3)4)10(14)11-8;2*1-7(2)9-6-12(8(3)4)10(13)5-11-9;2*1-7(2)9-5-11-10(13)12(6-9)8(3)4/h2*6-7H,5H2,1-4H3;2*5-7,9H,1-4H3;5-7H,1-4H3,(H,11,14);4*5-8H,1-4H3. The fourth-order valence-corrected chi connectivity index (χ4v) is 11.6. The van der Waals surface area contributed by atoms with Crippen LogP contribution in [0, 0.1) is 23.7 Å². The van der Waals surface area contributed by atoms with Gasteiger partial charge in [0.25, 0.3) is 63.9 Å². The summed E-state index contributed by atoms with van der Waals surface area (Å²) in [6.07, 6.45) is 16.1. The van der Waals surface area contributed by atoms with E-state index in [4.69, 9.17) is 0 Å². The van der Waals surface area contributed by atoms with Crippen molar-refractivity contribution in [2.45, 2.75) is 345 Å². The maximum atomic E-state index is 11.8. The minimum atomic E-state index is -0.393. The Morgan fingerprint density at radius 1 is 0.328 bits per heavy atom. The molecule has 4 aliphatic heterocycles. The lowest BCUT2D eigenvalue weighted by molar-refractivity contribution is -0.146. The molecule has 4 aliphatic rings. The molecule has 5 aromatic rings. The molecule has 0 saturated carbocycles. The number of H-pyrrole nitrogens is 1. The summed E-state index contributed by atoms with van der Waals surface area (Å²) in [6, 6.07) is 1.28. The zero-order valence-corrected chi connectivity index (χ0v) is 79.6. The molecular formula is C90H144N18O14. The molecule has 0 bridgehead atoms. The van der Waals surface area contributed by atoms with Gasteiger partial charge in [0, 0.05) is 115 Å². The predicted molar refractivity (Wildman–Crippen MR) is 484 cm³/mol. The van der Waals surface area contributed by atoms with Crippen LogP contribution in [-0.4, -0.2) is 188 Å². The number of hydrogen-bond acceptors (Lipinski definition) is 20. The topological polar surface area (TPSA) is 393 Å². The van der Waals surface area contributed by atoms with E-state index in [1.54, 1.807) is 40.5 Å². The summed E-state index contributed by atoms with van der Waals surface area (Å²) in [7, 11) is 0. The number of aromatic amines is 1. The highest BCUT2D eigenvalue weighted by molar-refractivity contribution is 6.43. The Bertz CT molecular complexity index is 4390. The zero-order valence-electron chi connectivity index (χ0n) is 79.6. The molecule has 0 spiro atoms. The first-order valence-electron chi connectivity index (χ1n) is 42.6. The number of nitrogens with one attached hydrogen (secondary N) is 1. The van der Waals surface area contributed by atoms with Crippen molar-refractivity contribution in [3.05, 3.63) is 146 Å². The molecule has 32 nitrogen and oxygen atoms in total. The second kappa shape index (κ2) is 50.8. The zero-order chi connectivity index (χ0) is 94.4. The average Bonchev–Trinajstić information content (AvgIpc) is 0.817. The van der Waals surface area contributed by atoms with Gasteiger partial charge in [0.2, 0.25) is 0 Å². The number of aliphatic imine (C=N–C) groups is 4. The molecule has 9 heterocycles. The number of amides is 8. The number of carbonyl (C=O) groups is 8. The van der Waals surface area contributed by atoms with Crippen LogP contribution in [0.15, 0.2) is 104 Å². The van der Waals surface area contributed by atoms with Crippen LogP contribution in [-0.2, 0) is 38.4 Å². The summed E-state index contributed by atoms with van der Waals surface area (Å²) >= 11 is 0. The van der Waals surface area contributed by atoms with E-state index in [2.05, 4.69) is 100 Å². The molecule has 0 fully saturated rings. The molecule has 678 valence electrons. The molecule has 0 aliphatic carbocycles. The monoisotopic (exact) mass is 1700 g/mol. The van der Waals surface area contributed by atoms with Crippen LogP contribution in [0.25, 0.3) is 0 Å². The van der Waals surface area contributed by atoms with Gasteiger partial charge in [-0.25, -0.2) is 34.3 Å². The molecule has 8 amide bonds. The van der Waals surface area contributed by atoms with E-state index in [0.29, 0.717) is 40.8 Å². The molecule has 0 aromatic carbocycles. The Hall–Kier alpha value is -10.6. The van der Waals surface area contributed by atoms with Crippen molar-refractivity contribution in [2.24, 2.45) is 43.6 Å². The molecule has 5 aromatic heterocycles. The molecule has 0 radical (unpaired) electrons. The molecule has 1 N–H and O–H groups in total. The minimum absolute atomic E-state index is 0.00741. The van der Waals surface area contributed by atoms with E-state index < -0.39 is 12.1 Å². The third kappa shape index (κ3) is 33.7. The van der Waals surface area contributed by atoms with Crippen LogP contribution < -0.4 is 33.7 Å². The second-order valence-corrected chi connectivity index (χ2v) is 35.6. The Morgan fingerprint density at radius 2 is 0.648 bits per heavy atom. The molecule has 32 heteroatoms. The molecule has 122 heavy (non-hydrogen) atoms. The van der Waals surface area contributed by atoms with Crippen molar-refractivity contribution in [1.29, 1.82) is 0 Å². The van der Waals surface area contributed by atoms with E-state index in [9.17, 15) is 67.1 Å². The number of aromatic nitrogens is 10. The van der Waals surface area contributed by atoms with Crippen molar-refractivity contribution >= 4 is 71.1 Å². The molecule has 9 rings (SSSR count). The average molecular weight is 1700 g/mol. The Balaban J connectivity index is 0.000000686. The SMILES string of the molecule is CC(C)C1=NC(=O)CN(C(C)C)C1=O.CC(C)C1=NC(=O)CN(C(C)C)C1=O.CC(C)C1N=CC(=O)N(C(C)C)C1=O.CC(C)C1N=CC(=O)N(C(C)C)C1=O.CC(C)c1cc(=O)n(C(C)C)c(=O)[nH]1.CC(C)c1cn(C(C)C)c(=O)cn1.CC(C)c1cn(C(C)C)c(=O)cn1.CC(C)c1cnc(=O)n(C(C)C)c1.CC(C)c1cnc(=O)n(C(C)C)c1. The summed E-state index contributed by atoms with van der Waals surface area (Å²) in [5.74, 6) is 0.397. The van der Waals surface area contributed by atoms with Crippen LogP contribution in [0.4, 0.5) is 0 Å². The fourth-order valence-electron chi connectivity index (χ4n) is 11.6. The summed E-state index contributed by atoms with van der Waals surface area (Å²) in [4.78, 5) is 200. The van der Waals surface area contributed by atoms with Crippen molar-refractivity contribution in [2.75, 3.05) is 13.1 Å². The molecule has 0 saturated heterocycles. The van der Waals surface area contributed by atoms with Gasteiger partial charge in [-0.3, -0.25) is 96.2 Å². The summed E-state index contributed by atoms with van der Waals surface area (Å²) in [5, 5.41) is 0. The van der Waals surface area contributed by atoms with Crippen molar-refractivity contribution in [3.63, 3.8) is 0 Å². The normalized spacial score (nSPS) is 15.5. The largest absolute Gasteiger partial charge is 0.347 e. The van der Waals surface area contributed by atoms with Gasteiger partial charge in [-0.1, -0.05) is 125 Å². The van der Waals surface area contributed by atoms with Gasteiger partial charge in [-0.15, -0.1) is 0 Å². The van der Waals surface area contributed by atoms with Crippen molar-refractivity contribution in [1.82, 2.24) is 67.4 Å². The first kappa shape index (κ1) is 109. The summed E-state index contributed by atoms with van der Waals surface area (Å²) in [6.45, 7) is 70.3. The van der Waals surface area contributed by atoms with Crippen LogP contribution in [0.5, 0.6) is 0 Å². The van der Waals surface area contributed by atoms with Crippen molar-refractivity contribution < 1.29 is 38.4 Å². The molecule has 2 unspecified atom stereocenters. The van der Waals surface area contributed by atoms with Gasteiger partial charge in [0.15, 0.2) is 0 Å². The Kier molecular flexibility index (Phi) is 45.5. The van der Waals surface area contributed by atoms with E-state index in [1.165, 1.54) is 45.3 Å². The van der Waals surface area contributed by atoms with Gasteiger partial charge < -0.3 is 23.9 Å². The number of carbonyl (C=O) groups excluding carboxylic acids is 8. The lowest BCUT2D eigenvalue weighted by atomic mass is 10.0. The maximum Gasteiger partial charge on any atom is 0.347 e.